The molecule has 0 atom stereocenters. The van der Waals surface area contributed by atoms with Crippen molar-refractivity contribution >= 4 is 39.1 Å². The summed E-state index contributed by atoms with van der Waals surface area (Å²) in [5.41, 5.74) is 1.71. The highest BCUT2D eigenvalue weighted by atomic mass is 32.2. The van der Waals surface area contributed by atoms with Crippen molar-refractivity contribution < 1.29 is 22.8 Å². The number of sulfonamides is 1. The maximum Gasteiger partial charge on any atom is 0.266 e. The fourth-order valence-corrected chi connectivity index (χ4v) is 5.76. The third-order valence-electron chi connectivity index (χ3n) is 5.98. The van der Waals surface area contributed by atoms with Crippen LogP contribution in [0.5, 0.6) is 0 Å². The number of carbonyl (C=O) groups is 3. The Labute approximate surface area is 196 Å². The van der Waals surface area contributed by atoms with Gasteiger partial charge in [-0.2, -0.15) is 4.31 Å². The van der Waals surface area contributed by atoms with Crippen LogP contribution >= 0.6 is 0 Å². The molecule has 8 nitrogen and oxygen atoms in total. The number of imide groups is 1. The number of amides is 3. The summed E-state index contributed by atoms with van der Waals surface area (Å²) in [6.45, 7) is 0.997. The predicted molar refractivity (Wildman–Crippen MR) is 126 cm³/mol. The first kappa shape index (κ1) is 22.0. The largest absolute Gasteiger partial charge is 0.322 e. The molecule has 0 aromatic heterocycles. The van der Waals surface area contributed by atoms with Crippen LogP contribution < -0.4 is 10.2 Å². The van der Waals surface area contributed by atoms with Gasteiger partial charge in [0, 0.05) is 24.3 Å². The number of fused-ring (bicyclic) bond motifs is 1. The Morgan fingerprint density at radius 3 is 2.03 bits per heavy atom. The Bertz CT molecular complexity index is 1380. The average Bonchev–Trinajstić information content (AvgIpc) is 3.48. The zero-order valence-corrected chi connectivity index (χ0v) is 18.9. The molecule has 0 spiro atoms. The number of benzene rings is 3. The van der Waals surface area contributed by atoms with Crippen molar-refractivity contribution in [3.05, 3.63) is 89.5 Å². The first-order valence-electron chi connectivity index (χ1n) is 10.9. The molecule has 0 saturated carbocycles. The molecule has 9 heteroatoms. The van der Waals surface area contributed by atoms with Crippen LogP contribution in [-0.4, -0.2) is 43.5 Å². The van der Waals surface area contributed by atoms with Crippen molar-refractivity contribution in [2.75, 3.05) is 23.3 Å². The van der Waals surface area contributed by atoms with Gasteiger partial charge in [-0.3, -0.25) is 14.4 Å². The first-order valence-corrected chi connectivity index (χ1v) is 12.3. The molecule has 0 aliphatic carbocycles. The Kier molecular flexibility index (Phi) is 5.51. The number of nitrogens with zero attached hydrogens (tertiary/aromatic N) is 2. The van der Waals surface area contributed by atoms with Gasteiger partial charge < -0.3 is 5.32 Å². The van der Waals surface area contributed by atoms with Gasteiger partial charge in [0.2, 0.25) is 10.0 Å². The standard InChI is InChI=1S/C25H21N3O5S/c29-23(26-18-6-5-7-20(16-18)34(32,33)27-14-3-4-15-27)17-10-12-19(13-11-17)28-24(30)21-8-1-2-9-22(21)25(28)31/h1-2,5-13,16H,3-4,14-15H2,(H,26,29). The Balaban J connectivity index is 1.32. The zero-order chi connectivity index (χ0) is 23.9. The minimum atomic E-state index is -3.60. The molecular formula is C25H21N3O5S. The molecule has 172 valence electrons. The molecule has 5 rings (SSSR count). The molecule has 3 aromatic carbocycles. The molecule has 1 fully saturated rings. The van der Waals surface area contributed by atoms with Crippen LogP contribution in [0.3, 0.4) is 0 Å². The van der Waals surface area contributed by atoms with E-state index in [1.807, 2.05) is 0 Å². The van der Waals surface area contributed by atoms with Crippen molar-refractivity contribution in [1.29, 1.82) is 0 Å². The van der Waals surface area contributed by atoms with Gasteiger partial charge in [0.15, 0.2) is 0 Å². The number of hydrogen-bond acceptors (Lipinski definition) is 5. The van der Waals surface area contributed by atoms with Crippen LogP contribution in [0, 0.1) is 0 Å². The number of rotatable bonds is 5. The smallest absolute Gasteiger partial charge is 0.266 e. The van der Waals surface area contributed by atoms with Gasteiger partial charge in [-0.15, -0.1) is 0 Å². The maximum absolute atomic E-state index is 12.8. The van der Waals surface area contributed by atoms with Gasteiger partial charge in [0.25, 0.3) is 17.7 Å². The van der Waals surface area contributed by atoms with Gasteiger partial charge in [-0.05, 0) is 67.4 Å². The van der Waals surface area contributed by atoms with E-state index in [0.717, 1.165) is 17.7 Å². The van der Waals surface area contributed by atoms with Crippen molar-refractivity contribution in [1.82, 2.24) is 4.31 Å². The molecule has 2 aliphatic rings. The summed E-state index contributed by atoms with van der Waals surface area (Å²) in [5.74, 6) is -1.26. The van der Waals surface area contributed by atoms with Crippen molar-refractivity contribution in [3.8, 4) is 0 Å². The quantitative estimate of drug-likeness (QED) is 0.569. The lowest BCUT2D eigenvalue weighted by atomic mass is 10.1. The number of anilines is 2. The minimum absolute atomic E-state index is 0.133. The Morgan fingerprint density at radius 1 is 0.794 bits per heavy atom. The van der Waals surface area contributed by atoms with Crippen molar-refractivity contribution in [2.45, 2.75) is 17.7 Å². The maximum atomic E-state index is 12.8. The molecule has 1 saturated heterocycles. The summed E-state index contributed by atoms with van der Waals surface area (Å²) in [6.07, 6.45) is 1.68. The molecule has 0 radical (unpaired) electrons. The highest BCUT2D eigenvalue weighted by Gasteiger charge is 2.36. The first-order chi connectivity index (χ1) is 16.4. The second-order valence-corrected chi connectivity index (χ2v) is 10.1. The second-order valence-electron chi connectivity index (χ2n) is 8.13. The van der Waals surface area contributed by atoms with Gasteiger partial charge in [-0.1, -0.05) is 18.2 Å². The minimum Gasteiger partial charge on any atom is -0.322 e. The van der Waals surface area contributed by atoms with Gasteiger partial charge in [0.1, 0.15) is 0 Å². The molecule has 2 heterocycles. The number of carbonyl (C=O) groups excluding carboxylic acids is 3. The summed E-state index contributed by atoms with van der Waals surface area (Å²) in [7, 11) is -3.60. The monoisotopic (exact) mass is 475 g/mol. The number of hydrogen-bond donors (Lipinski definition) is 1. The van der Waals surface area contributed by atoms with E-state index >= 15 is 0 Å². The van der Waals surface area contributed by atoms with E-state index in [4.69, 9.17) is 0 Å². The van der Waals surface area contributed by atoms with Crippen LogP contribution in [0.25, 0.3) is 0 Å². The summed E-state index contributed by atoms with van der Waals surface area (Å²) in [5, 5.41) is 2.71. The normalized spacial score (nSPS) is 16.1. The molecule has 0 unspecified atom stereocenters. The lowest BCUT2D eigenvalue weighted by Gasteiger charge is -2.16. The zero-order valence-electron chi connectivity index (χ0n) is 18.1. The van der Waals surface area contributed by atoms with E-state index < -0.39 is 27.7 Å². The van der Waals surface area contributed by atoms with Crippen LogP contribution in [0.4, 0.5) is 11.4 Å². The third kappa shape index (κ3) is 3.78. The van der Waals surface area contributed by atoms with Crippen molar-refractivity contribution in [2.24, 2.45) is 0 Å². The summed E-state index contributed by atoms with van der Waals surface area (Å²) >= 11 is 0. The third-order valence-corrected chi connectivity index (χ3v) is 7.87. The second kappa shape index (κ2) is 8.51. The van der Waals surface area contributed by atoms with Crippen LogP contribution in [0.1, 0.15) is 43.9 Å². The van der Waals surface area contributed by atoms with E-state index in [2.05, 4.69) is 5.32 Å². The predicted octanol–water partition coefficient (Wildman–Crippen LogP) is 3.52. The van der Waals surface area contributed by atoms with Crippen LogP contribution in [-0.2, 0) is 10.0 Å². The van der Waals surface area contributed by atoms with Crippen LogP contribution in [0.15, 0.2) is 77.7 Å². The summed E-state index contributed by atoms with van der Waals surface area (Å²) < 4.78 is 27.0. The molecule has 1 N–H and O–H groups in total. The van der Waals surface area contributed by atoms with Gasteiger partial charge in [-0.25, -0.2) is 13.3 Å². The number of nitrogens with one attached hydrogen (secondary N) is 1. The average molecular weight is 476 g/mol. The molecule has 34 heavy (non-hydrogen) atoms. The summed E-state index contributed by atoms with van der Waals surface area (Å²) in [6, 6.07) is 18.9. The lowest BCUT2D eigenvalue weighted by molar-refractivity contribution is 0.0925. The van der Waals surface area contributed by atoms with E-state index in [-0.39, 0.29) is 4.90 Å². The molecule has 2 aliphatic heterocycles. The van der Waals surface area contributed by atoms with Gasteiger partial charge >= 0.3 is 0 Å². The Morgan fingerprint density at radius 2 is 1.41 bits per heavy atom. The van der Waals surface area contributed by atoms with E-state index in [1.165, 1.54) is 40.7 Å². The van der Waals surface area contributed by atoms with Crippen molar-refractivity contribution in [3.63, 3.8) is 0 Å². The topological polar surface area (TPSA) is 104 Å². The molecule has 3 aromatic rings. The van der Waals surface area contributed by atoms with Gasteiger partial charge in [0.05, 0.1) is 21.7 Å². The fraction of sp³-hybridized carbons (Fsp3) is 0.160. The van der Waals surface area contributed by atoms with E-state index in [1.54, 1.807) is 36.4 Å². The molecule has 3 amide bonds. The highest BCUT2D eigenvalue weighted by Crippen LogP contribution is 2.29. The highest BCUT2D eigenvalue weighted by molar-refractivity contribution is 7.89. The SMILES string of the molecule is O=C(Nc1cccc(S(=O)(=O)N2CCCC2)c1)c1ccc(N2C(=O)c3ccccc3C2=O)cc1. The van der Waals surface area contributed by atoms with E-state index in [9.17, 15) is 22.8 Å². The molecule has 0 bridgehead atoms. The fourth-order valence-electron chi connectivity index (χ4n) is 4.20. The molecular weight excluding hydrogens is 454 g/mol. The van der Waals surface area contributed by atoms with Crippen LogP contribution in [0.2, 0.25) is 0 Å². The Hall–Kier alpha value is -3.82. The summed E-state index contributed by atoms with van der Waals surface area (Å²) in [4.78, 5) is 39.3. The van der Waals surface area contributed by atoms with E-state index in [0.29, 0.717) is 41.2 Å². The lowest BCUT2D eigenvalue weighted by Crippen LogP contribution is -2.29.